The summed E-state index contributed by atoms with van der Waals surface area (Å²) in [7, 11) is 0. The maximum absolute atomic E-state index is 12.3. The van der Waals surface area contributed by atoms with E-state index in [-0.39, 0.29) is 18.6 Å². The van der Waals surface area contributed by atoms with Gasteiger partial charge in [0.05, 0.1) is 0 Å². The fraction of sp³-hybridized carbons (Fsp3) is 0.579. The van der Waals surface area contributed by atoms with Gasteiger partial charge in [-0.05, 0) is 44.9 Å². The Labute approximate surface area is 149 Å². The molecule has 138 valence electrons. The molecule has 0 spiro atoms. The van der Waals surface area contributed by atoms with Crippen LogP contribution in [0.4, 0.5) is 4.79 Å². The number of nitrogens with zero attached hydrogens (tertiary/aromatic N) is 2. The average Bonchev–Trinajstić information content (AvgIpc) is 2.58. The van der Waals surface area contributed by atoms with Crippen molar-refractivity contribution in [1.29, 1.82) is 0 Å². The highest BCUT2D eigenvalue weighted by Gasteiger charge is 2.27. The zero-order valence-corrected chi connectivity index (χ0v) is 15.6. The number of piperazine rings is 1. The molecule has 1 aromatic rings. The molecule has 0 bridgehead atoms. The number of rotatable bonds is 4. The van der Waals surface area contributed by atoms with E-state index in [0.29, 0.717) is 31.9 Å². The molecule has 1 fully saturated rings. The second kappa shape index (κ2) is 8.23. The van der Waals surface area contributed by atoms with Gasteiger partial charge in [-0.2, -0.15) is 0 Å². The quantitative estimate of drug-likeness (QED) is 0.839. The highest BCUT2D eigenvalue weighted by molar-refractivity contribution is 5.78. The molecule has 0 radical (unpaired) electrons. The lowest BCUT2D eigenvalue weighted by Gasteiger charge is -2.35. The maximum atomic E-state index is 12.3. The van der Waals surface area contributed by atoms with E-state index < -0.39 is 5.60 Å². The van der Waals surface area contributed by atoms with Crippen LogP contribution in [0.2, 0.25) is 0 Å². The Morgan fingerprint density at radius 1 is 1.08 bits per heavy atom. The smallest absolute Gasteiger partial charge is 0.410 e. The highest BCUT2D eigenvalue weighted by Crippen LogP contribution is 2.15. The SMILES string of the molecule is CCc1cccc(OCC(=O)N2CCN(C(=O)OC(C)(C)C)CC2)c1. The second-order valence-corrected chi connectivity index (χ2v) is 7.14. The molecule has 0 aromatic heterocycles. The summed E-state index contributed by atoms with van der Waals surface area (Å²) in [5.41, 5.74) is 0.668. The van der Waals surface area contributed by atoms with Crippen LogP contribution in [0.25, 0.3) is 0 Å². The summed E-state index contributed by atoms with van der Waals surface area (Å²) in [5, 5.41) is 0. The van der Waals surface area contributed by atoms with Gasteiger partial charge in [0.1, 0.15) is 11.4 Å². The normalized spacial score (nSPS) is 15.0. The van der Waals surface area contributed by atoms with Crippen LogP contribution in [0.1, 0.15) is 33.3 Å². The van der Waals surface area contributed by atoms with Crippen molar-refractivity contribution in [3.8, 4) is 5.75 Å². The van der Waals surface area contributed by atoms with Crippen LogP contribution in [0.15, 0.2) is 24.3 Å². The van der Waals surface area contributed by atoms with Crippen LogP contribution < -0.4 is 4.74 Å². The largest absolute Gasteiger partial charge is 0.484 e. The first-order valence-corrected chi connectivity index (χ1v) is 8.76. The zero-order chi connectivity index (χ0) is 18.4. The van der Waals surface area contributed by atoms with Gasteiger partial charge in [0.25, 0.3) is 5.91 Å². The first-order valence-electron chi connectivity index (χ1n) is 8.76. The number of aryl methyl sites for hydroxylation is 1. The molecule has 1 aromatic carbocycles. The van der Waals surface area contributed by atoms with Gasteiger partial charge in [-0.25, -0.2) is 4.79 Å². The minimum atomic E-state index is -0.509. The molecule has 6 nitrogen and oxygen atoms in total. The number of carbonyl (C=O) groups is 2. The lowest BCUT2D eigenvalue weighted by atomic mass is 10.2. The van der Waals surface area contributed by atoms with Crippen molar-refractivity contribution in [2.24, 2.45) is 0 Å². The first-order chi connectivity index (χ1) is 11.8. The lowest BCUT2D eigenvalue weighted by molar-refractivity contribution is -0.135. The standard InChI is InChI=1S/C19H28N2O4/c1-5-15-7-6-8-16(13-15)24-14-17(22)20-9-11-21(12-10-20)18(23)25-19(2,3)4/h6-8,13H,5,9-12,14H2,1-4H3. The molecule has 0 N–H and O–H groups in total. The summed E-state index contributed by atoms with van der Waals surface area (Å²) < 4.78 is 11.0. The fourth-order valence-electron chi connectivity index (χ4n) is 2.56. The maximum Gasteiger partial charge on any atom is 0.410 e. The third kappa shape index (κ3) is 5.96. The van der Waals surface area contributed by atoms with E-state index in [1.807, 2.05) is 45.0 Å². The molecule has 0 atom stereocenters. The minimum absolute atomic E-state index is 0.0135. The topological polar surface area (TPSA) is 59.1 Å². The summed E-state index contributed by atoms with van der Waals surface area (Å²) in [6, 6.07) is 7.77. The minimum Gasteiger partial charge on any atom is -0.484 e. The molecule has 6 heteroatoms. The van der Waals surface area contributed by atoms with Crippen LogP contribution >= 0.6 is 0 Å². The Hall–Kier alpha value is -2.24. The van der Waals surface area contributed by atoms with Gasteiger partial charge < -0.3 is 19.3 Å². The predicted octanol–water partition coefficient (Wildman–Crippen LogP) is 2.71. The van der Waals surface area contributed by atoms with E-state index in [1.54, 1.807) is 9.80 Å². The number of hydrogen-bond donors (Lipinski definition) is 0. The Balaban J connectivity index is 1.78. The van der Waals surface area contributed by atoms with Gasteiger partial charge in [-0.3, -0.25) is 4.79 Å². The van der Waals surface area contributed by atoms with E-state index in [9.17, 15) is 9.59 Å². The molecular formula is C19H28N2O4. The number of ether oxygens (including phenoxy) is 2. The summed E-state index contributed by atoms with van der Waals surface area (Å²) in [5.74, 6) is 0.644. The van der Waals surface area contributed by atoms with Gasteiger partial charge in [0.15, 0.2) is 6.61 Å². The van der Waals surface area contributed by atoms with E-state index in [1.165, 1.54) is 5.56 Å². The molecule has 1 heterocycles. The lowest BCUT2D eigenvalue weighted by Crippen LogP contribution is -2.52. The summed E-state index contributed by atoms with van der Waals surface area (Å²) >= 11 is 0. The molecule has 2 amide bonds. The Morgan fingerprint density at radius 2 is 1.72 bits per heavy atom. The third-order valence-electron chi connectivity index (χ3n) is 3.95. The molecule has 1 aliphatic heterocycles. The van der Waals surface area contributed by atoms with E-state index in [2.05, 4.69) is 6.92 Å². The molecular weight excluding hydrogens is 320 g/mol. The van der Waals surface area contributed by atoms with Crippen molar-refractivity contribution in [3.05, 3.63) is 29.8 Å². The molecule has 25 heavy (non-hydrogen) atoms. The van der Waals surface area contributed by atoms with E-state index in [4.69, 9.17) is 9.47 Å². The van der Waals surface area contributed by atoms with Gasteiger partial charge in [0.2, 0.25) is 0 Å². The van der Waals surface area contributed by atoms with Crippen LogP contribution in [0.3, 0.4) is 0 Å². The number of benzene rings is 1. The first kappa shape index (κ1) is 19.1. The van der Waals surface area contributed by atoms with Crippen molar-refractivity contribution in [3.63, 3.8) is 0 Å². The number of carbonyl (C=O) groups excluding carboxylic acids is 2. The Morgan fingerprint density at radius 3 is 2.32 bits per heavy atom. The molecule has 2 rings (SSSR count). The van der Waals surface area contributed by atoms with Gasteiger partial charge in [-0.1, -0.05) is 19.1 Å². The van der Waals surface area contributed by atoms with E-state index >= 15 is 0 Å². The van der Waals surface area contributed by atoms with Crippen molar-refractivity contribution in [1.82, 2.24) is 9.80 Å². The van der Waals surface area contributed by atoms with Crippen molar-refractivity contribution >= 4 is 12.0 Å². The van der Waals surface area contributed by atoms with Gasteiger partial charge in [-0.15, -0.1) is 0 Å². The average molecular weight is 348 g/mol. The molecule has 1 aliphatic rings. The van der Waals surface area contributed by atoms with Crippen LogP contribution in [-0.4, -0.2) is 60.2 Å². The van der Waals surface area contributed by atoms with Crippen molar-refractivity contribution in [2.75, 3.05) is 32.8 Å². The van der Waals surface area contributed by atoms with Gasteiger partial charge in [0, 0.05) is 26.2 Å². The Bertz CT molecular complexity index is 602. The molecule has 0 aliphatic carbocycles. The summed E-state index contributed by atoms with van der Waals surface area (Å²) in [6.45, 7) is 9.57. The van der Waals surface area contributed by atoms with Gasteiger partial charge >= 0.3 is 6.09 Å². The molecule has 1 saturated heterocycles. The highest BCUT2D eigenvalue weighted by atomic mass is 16.6. The monoisotopic (exact) mass is 348 g/mol. The predicted molar refractivity (Wildman–Crippen MR) is 95.7 cm³/mol. The summed E-state index contributed by atoms with van der Waals surface area (Å²) in [6.07, 6.45) is 0.602. The van der Waals surface area contributed by atoms with Crippen molar-refractivity contribution in [2.45, 2.75) is 39.7 Å². The van der Waals surface area contributed by atoms with E-state index in [0.717, 1.165) is 6.42 Å². The second-order valence-electron chi connectivity index (χ2n) is 7.14. The number of hydrogen-bond acceptors (Lipinski definition) is 4. The zero-order valence-electron chi connectivity index (χ0n) is 15.6. The number of amides is 2. The summed E-state index contributed by atoms with van der Waals surface area (Å²) in [4.78, 5) is 27.7. The molecule has 0 saturated carbocycles. The third-order valence-corrected chi connectivity index (χ3v) is 3.95. The van der Waals surface area contributed by atoms with Crippen LogP contribution in [-0.2, 0) is 16.0 Å². The van der Waals surface area contributed by atoms with Crippen LogP contribution in [0, 0.1) is 0 Å². The molecule has 0 unspecified atom stereocenters. The van der Waals surface area contributed by atoms with Crippen molar-refractivity contribution < 1.29 is 19.1 Å². The Kier molecular flexibility index (Phi) is 6.28. The fourth-order valence-corrected chi connectivity index (χ4v) is 2.56. The van der Waals surface area contributed by atoms with Crippen LogP contribution in [0.5, 0.6) is 5.75 Å².